The smallest absolute Gasteiger partial charge is 0.137 e. The van der Waals surface area contributed by atoms with Crippen molar-refractivity contribution in [3.8, 4) is 11.8 Å². The Hall–Kier alpha value is -1.40. The van der Waals surface area contributed by atoms with Crippen molar-refractivity contribution in [2.24, 2.45) is 0 Å². The fraction of sp³-hybridized carbons (Fsp3) is 0.222. The van der Waals surface area contributed by atoms with Crippen LogP contribution >= 0.6 is 11.6 Å². The molecule has 0 radical (unpaired) electrons. The maximum Gasteiger partial charge on any atom is 0.137 e. The van der Waals surface area contributed by atoms with Gasteiger partial charge in [-0.15, -0.1) is 0 Å². The van der Waals surface area contributed by atoms with Crippen molar-refractivity contribution in [3.05, 3.63) is 23.2 Å². The molecule has 3 nitrogen and oxygen atoms in total. The van der Waals surface area contributed by atoms with E-state index in [0.717, 1.165) is 5.69 Å². The van der Waals surface area contributed by atoms with E-state index in [9.17, 15) is 0 Å². The van der Waals surface area contributed by atoms with Gasteiger partial charge in [0, 0.05) is 5.69 Å². The molecule has 0 atom stereocenters. The number of benzene rings is 1. The minimum atomic E-state index is 0.267. The Bertz CT molecular complexity index is 333. The number of hydrogen-bond acceptors (Lipinski definition) is 3. The van der Waals surface area contributed by atoms with E-state index in [4.69, 9.17) is 21.6 Å². The molecule has 0 amide bonds. The molecule has 13 heavy (non-hydrogen) atoms. The first-order chi connectivity index (χ1) is 6.27. The lowest BCUT2D eigenvalue weighted by atomic mass is 10.3. The second-order valence-electron chi connectivity index (χ2n) is 2.36. The maximum absolute atomic E-state index is 8.33. The van der Waals surface area contributed by atoms with Crippen LogP contribution in [-0.2, 0) is 0 Å². The van der Waals surface area contributed by atoms with Crippen LogP contribution in [0.2, 0.25) is 5.02 Å². The van der Waals surface area contributed by atoms with Gasteiger partial charge in [-0.25, -0.2) is 0 Å². The van der Waals surface area contributed by atoms with Gasteiger partial charge < -0.3 is 10.1 Å². The number of halogens is 1. The Balaban J connectivity index is 2.78. The lowest BCUT2D eigenvalue weighted by Crippen LogP contribution is -1.98. The molecule has 0 heterocycles. The van der Waals surface area contributed by atoms with E-state index in [1.54, 1.807) is 19.2 Å². The Morgan fingerprint density at radius 1 is 1.62 bits per heavy atom. The van der Waals surface area contributed by atoms with Crippen molar-refractivity contribution < 1.29 is 4.74 Å². The van der Waals surface area contributed by atoms with Gasteiger partial charge in [0.05, 0.1) is 18.2 Å². The number of ether oxygens (including phenoxy) is 1. The lowest BCUT2D eigenvalue weighted by Gasteiger charge is -2.05. The Morgan fingerprint density at radius 3 is 2.92 bits per heavy atom. The Morgan fingerprint density at radius 2 is 2.38 bits per heavy atom. The standard InChI is InChI=1S/C9H9ClN2O/c1-13-9-3-2-7(6-8(9)10)12-5-4-11/h2-3,6,12H,5H2,1H3. The average Bonchev–Trinajstić information content (AvgIpc) is 2.15. The first-order valence-electron chi connectivity index (χ1n) is 3.72. The number of nitrogens with one attached hydrogen (secondary N) is 1. The third-order valence-corrected chi connectivity index (χ3v) is 1.82. The number of rotatable bonds is 3. The molecule has 0 aliphatic rings. The topological polar surface area (TPSA) is 45.0 Å². The molecule has 0 aromatic heterocycles. The molecule has 1 N–H and O–H groups in total. The number of nitriles is 1. The van der Waals surface area contributed by atoms with E-state index in [2.05, 4.69) is 5.32 Å². The number of methoxy groups -OCH3 is 1. The molecule has 1 aromatic carbocycles. The molecule has 0 aliphatic heterocycles. The SMILES string of the molecule is COc1ccc(NCC#N)cc1Cl. The van der Waals surface area contributed by atoms with Gasteiger partial charge in [0.25, 0.3) is 0 Å². The van der Waals surface area contributed by atoms with Gasteiger partial charge in [0.15, 0.2) is 0 Å². The zero-order chi connectivity index (χ0) is 9.68. The molecule has 0 aliphatic carbocycles. The summed E-state index contributed by atoms with van der Waals surface area (Å²) in [6, 6.07) is 7.26. The van der Waals surface area contributed by atoms with Crippen LogP contribution in [0.4, 0.5) is 5.69 Å². The van der Waals surface area contributed by atoms with Crippen LogP contribution < -0.4 is 10.1 Å². The fourth-order valence-corrected chi connectivity index (χ4v) is 1.18. The molecule has 0 fully saturated rings. The van der Waals surface area contributed by atoms with Crippen LogP contribution in [0.15, 0.2) is 18.2 Å². The van der Waals surface area contributed by atoms with Crippen molar-refractivity contribution in [1.82, 2.24) is 0 Å². The van der Waals surface area contributed by atoms with Gasteiger partial charge in [0.1, 0.15) is 12.3 Å². The van der Waals surface area contributed by atoms with Gasteiger partial charge in [-0.1, -0.05) is 11.6 Å². The molecule has 0 unspecified atom stereocenters. The van der Waals surface area contributed by atoms with Crippen LogP contribution in [0.25, 0.3) is 0 Å². The second-order valence-corrected chi connectivity index (χ2v) is 2.77. The van der Waals surface area contributed by atoms with Crippen molar-refractivity contribution in [1.29, 1.82) is 5.26 Å². The highest BCUT2D eigenvalue weighted by atomic mass is 35.5. The molecule has 68 valence electrons. The van der Waals surface area contributed by atoms with Gasteiger partial charge >= 0.3 is 0 Å². The van der Waals surface area contributed by atoms with Crippen LogP contribution in [-0.4, -0.2) is 13.7 Å². The summed E-state index contributed by atoms with van der Waals surface area (Å²) in [6.07, 6.45) is 0. The molecular weight excluding hydrogens is 188 g/mol. The monoisotopic (exact) mass is 196 g/mol. The molecule has 1 rings (SSSR count). The third kappa shape index (κ3) is 2.53. The highest BCUT2D eigenvalue weighted by molar-refractivity contribution is 6.32. The predicted molar refractivity (Wildman–Crippen MR) is 52.1 cm³/mol. The highest BCUT2D eigenvalue weighted by Crippen LogP contribution is 2.26. The van der Waals surface area contributed by atoms with Crippen LogP contribution in [0.1, 0.15) is 0 Å². The lowest BCUT2D eigenvalue weighted by molar-refractivity contribution is 0.415. The summed E-state index contributed by atoms with van der Waals surface area (Å²) in [7, 11) is 1.56. The summed E-state index contributed by atoms with van der Waals surface area (Å²) in [5.41, 5.74) is 0.812. The minimum absolute atomic E-state index is 0.267. The molecule has 0 saturated carbocycles. The summed E-state index contributed by atoms with van der Waals surface area (Å²) >= 11 is 5.86. The average molecular weight is 197 g/mol. The van der Waals surface area contributed by atoms with E-state index in [1.165, 1.54) is 0 Å². The maximum atomic E-state index is 8.33. The first-order valence-corrected chi connectivity index (χ1v) is 4.10. The predicted octanol–water partition coefficient (Wildman–Crippen LogP) is 2.28. The second kappa shape index (κ2) is 4.58. The zero-order valence-corrected chi connectivity index (χ0v) is 7.93. The number of hydrogen-bond donors (Lipinski definition) is 1. The van der Waals surface area contributed by atoms with Crippen molar-refractivity contribution in [2.75, 3.05) is 19.0 Å². The van der Waals surface area contributed by atoms with Crippen LogP contribution in [0, 0.1) is 11.3 Å². The summed E-state index contributed by atoms with van der Waals surface area (Å²) in [5, 5.41) is 11.7. The minimum Gasteiger partial charge on any atom is -0.495 e. The van der Waals surface area contributed by atoms with E-state index in [-0.39, 0.29) is 6.54 Å². The molecular formula is C9H9ClN2O. The van der Waals surface area contributed by atoms with Gasteiger partial charge in [-0.05, 0) is 18.2 Å². The summed E-state index contributed by atoms with van der Waals surface area (Å²) in [4.78, 5) is 0. The highest BCUT2D eigenvalue weighted by Gasteiger charge is 2.00. The zero-order valence-electron chi connectivity index (χ0n) is 7.17. The molecule has 1 aromatic rings. The molecule has 0 spiro atoms. The Labute approximate surface area is 81.9 Å². The number of anilines is 1. The summed E-state index contributed by atoms with van der Waals surface area (Å²) < 4.78 is 4.98. The van der Waals surface area contributed by atoms with Gasteiger partial charge in [0.2, 0.25) is 0 Å². The quantitative estimate of drug-likeness (QED) is 0.755. The molecule has 4 heteroatoms. The van der Waals surface area contributed by atoms with Crippen LogP contribution in [0.3, 0.4) is 0 Å². The molecule has 0 bridgehead atoms. The number of nitrogens with zero attached hydrogens (tertiary/aromatic N) is 1. The normalized spacial score (nSPS) is 9.00. The van der Waals surface area contributed by atoms with E-state index in [1.807, 2.05) is 12.1 Å². The first kappa shape index (κ1) is 9.69. The van der Waals surface area contributed by atoms with Gasteiger partial charge in [-0.3, -0.25) is 0 Å². The Kier molecular flexibility index (Phi) is 3.41. The van der Waals surface area contributed by atoms with Crippen molar-refractivity contribution in [3.63, 3.8) is 0 Å². The largest absolute Gasteiger partial charge is 0.495 e. The van der Waals surface area contributed by atoms with E-state index >= 15 is 0 Å². The van der Waals surface area contributed by atoms with Crippen molar-refractivity contribution >= 4 is 17.3 Å². The van der Waals surface area contributed by atoms with Gasteiger partial charge in [-0.2, -0.15) is 5.26 Å². The summed E-state index contributed by atoms with van der Waals surface area (Å²) in [5.74, 6) is 0.629. The van der Waals surface area contributed by atoms with E-state index in [0.29, 0.717) is 10.8 Å². The van der Waals surface area contributed by atoms with Crippen LogP contribution in [0.5, 0.6) is 5.75 Å². The van der Waals surface area contributed by atoms with E-state index < -0.39 is 0 Å². The third-order valence-electron chi connectivity index (χ3n) is 1.52. The van der Waals surface area contributed by atoms with Crippen molar-refractivity contribution in [2.45, 2.75) is 0 Å². The fourth-order valence-electron chi connectivity index (χ4n) is 0.918. The molecule has 0 saturated heterocycles. The summed E-state index contributed by atoms with van der Waals surface area (Å²) in [6.45, 7) is 0.267.